The number of carbonyl (C=O) groups excluding carboxylic acids is 5. The van der Waals surface area contributed by atoms with E-state index in [1.165, 1.54) is 12.0 Å². The highest BCUT2D eigenvalue weighted by molar-refractivity contribution is 6.39. The maximum Gasteiger partial charge on any atom is 0.329 e. The smallest absolute Gasteiger partial charge is 0.329 e. The Morgan fingerprint density at radius 2 is 1.65 bits per heavy atom. The molecule has 0 spiro atoms. The second kappa shape index (κ2) is 25.8. The van der Waals surface area contributed by atoms with E-state index in [1.807, 2.05) is 65.0 Å². The molecule has 2 bridgehead atoms. The van der Waals surface area contributed by atoms with Gasteiger partial charge in [0.05, 0.1) is 30.5 Å². The standard InChI is InChI=1S/C53H81N5O11/c1-32-17-13-12-14-18-33(2)44(65-9)29-40-22-20-38(7)53(8,69-40)50(62)51(63)57-24-16-15-19-42(57)52(64)68-45(35(4)27-39-21-23-41(46(28-39)66-10)58-31-54-55-56-58)30-43(59)34(3)26-37(6)48(61)49(67-11)47(60)36(5)25-32/h12-14,17-18,26,31-32,35-42,44-46,48-49,61H,15-16,19-25,27-30H2,1-11H3/t32-,35-,36-,37?,38-,39+,40+,41+,42+,44+,45+,46-,48-,49+,53-/m1/s1. The van der Waals surface area contributed by atoms with Crippen LogP contribution in [0.2, 0.25) is 0 Å². The highest BCUT2D eigenvalue weighted by atomic mass is 16.5. The molecule has 1 aromatic rings. The van der Waals surface area contributed by atoms with Gasteiger partial charge in [-0.15, -0.1) is 5.10 Å². The summed E-state index contributed by atoms with van der Waals surface area (Å²) in [5.74, 6) is -4.06. The fourth-order valence-electron chi connectivity index (χ4n) is 11.0. The van der Waals surface area contributed by atoms with E-state index in [9.17, 15) is 29.1 Å². The van der Waals surface area contributed by atoms with Crippen molar-refractivity contribution in [1.29, 1.82) is 0 Å². The number of amides is 1. The number of tetrazole rings is 1. The van der Waals surface area contributed by atoms with Gasteiger partial charge >= 0.3 is 5.97 Å². The first kappa shape index (κ1) is 55.7. The Bertz CT molecular complexity index is 2020. The van der Waals surface area contributed by atoms with Crippen molar-refractivity contribution in [2.45, 2.75) is 187 Å². The Labute approximate surface area is 410 Å². The van der Waals surface area contributed by atoms with E-state index in [2.05, 4.69) is 15.5 Å². The van der Waals surface area contributed by atoms with Crippen molar-refractivity contribution < 1.29 is 52.8 Å². The molecule has 15 atom stereocenters. The van der Waals surface area contributed by atoms with Gasteiger partial charge in [-0.2, -0.15) is 0 Å². The van der Waals surface area contributed by atoms with E-state index in [4.69, 9.17) is 23.7 Å². The van der Waals surface area contributed by atoms with Crippen molar-refractivity contribution in [2.24, 2.45) is 35.5 Å². The molecule has 0 radical (unpaired) electrons. The normalized spacial score (nSPS) is 36.3. The highest BCUT2D eigenvalue weighted by Gasteiger charge is 2.51. The molecule has 4 aliphatic rings. The van der Waals surface area contributed by atoms with Gasteiger partial charge in [-0.05, 0) is 130 Å². The van der Waals surface area contributed by atoms with Gasteiger partial charge in [0.2, 0.25) is 0 Å². The van der Waals surface area contributed by atoms with Gasteiger partial charge < -0.3 is 33.7 Å². The highest BCUT2D eigenvalue weighted by Crippen LogP contribution is 2.40. The number of ketones is 3. The van der Waals surface area contributed by atoms with Crippen molar-refractivity contribution in [1.82, 2.24) is 25.1 Å². The summed E-state index contributed by atoms with van der Waals surface area (Å²) < 4.78 is 32.2. The number of hydrogen-bond donors (Lipinski definition) is 1. The van der Waals surface area contributed by atoms with Gasteiger partial charge in [0, 0.05) is 52.6 Å². The number of rotatable bonds is 7. The van der Waals surface area contributed by atoms with E-state index in [1.54, 1.807) is 52.1 Å². The van der Waals surface area contributed by atoms with Gasteiger partial charge in [0.1, 0.15) is 30.2 Å². The number of carbonyl (C=O) groups is 5. The lowest BCUT2D eigenvalue weighted by molar-refractivity contribution is -0.184. The van der Waals surface area contributed by atoms with Crippen molar-refractivity contribution in [3.8, 4) is 0 Å². The number of esters is 1. The molecule has 1 aliphatic carbocycles. The lowest BCUT2D eigenvalue weighted by Crippen LogP contribution is -2.59. The van der Waals surface area contributed by atoms with Gasteiger partial charge in [0.15, 0.2) is 11.6 Å². The summed E-state index contributed by atoms with van der Waals surface area (Å²) in [6, 6.07) is -1.07. The maximum absolute atomic E-state index is 14.6. The molecule has 1 unspecified atom stereocenters. The zero-order chi connectivity index (χ0) is 50.6. The molecule has 1 amide bonds. The van der Waals surface area contributed by atoms with E-state index < -0.39 is 59.5 Å². The summed E-state index contributed by atoms with van der Waals surface area (Å²) in [4.78, 5) is 73.0. The molecule has 16 nitrogen and oxygen atoms in total. The molecule has 1 aromatic heterocycles. The number of allylic oxidation sites excluding steroid dienone is 6. The van der Waals surface area contributed by atoms with Crippen molar-refractivity contribution in [3.05, 3.63) is 53.9 Å². The number of ether oxygens (including phenoxy) is 5. The molecule has 384 valence electrons. The first-order valence-corrected chi connectivity index (χ1v) is 25.3. The van der Waals surface area contributed by atoms with Crippen LogP contribution in [0.5, 0.6) is 0 Å². The number of Topliss-reactive ketones (excluding diaryl/α,β-unsaturated/α-hetero) is 3. The third-order valence-corrected chi connectivity index (χ3v) is 15.7. The van der Waals surface area contributed by atoms with Crippen molar-refractivity contribution in [3.63, 3.8) is 0 Å². The van der Waals surface area contributed by atoms with Crippen LogP contribution in [0.15, 0.2) is 53.9 Å². The van der Waals surface area contributed by atoms with E-state index in [0.717, 1.165) is 18.4 Å². The van der Waals surface area contributed by atoms with Crippen LogP contribution in [-0.4, -0.2) is 136 Å². The minimum absolute atomic E-state index is 0.0350. The summed E-state index contributed by atoms with van der Waals surface area (Å²) in [7, 11) is 4.72. The summed E-state index contributed by atoms with van der Waals surface area (Å²) in [6.07, 6.45) is 15.6. The Balaban J connectivity index is 1.46. The number of aromatic nitrogens is 4. The maximum atomic E-state index is 14.6. The lowest BCUT2D eigenvalue weighted by Gasteiger charge is -2.44. The molecule has 69 heavy (non-hydrogen) atoms. The Kier molecular flexibility index (Phi) is 20.8. The van der Waals surface area contributed by atoms with E-state index >= 15 is 0 Å². The van der Waals surface area contributed by atoms with Gasteiger partial charge in [-0.25, -0.2) is 9.48 Å². The topological polar surface area (TPSA) is 199 Å². The number of cyclic esters (lactones) is 1. The second-order valence-corrected chi connectivity index (χ2v) is 20.8. The zero-order valence-corrected chi connectivity index (χ0v) is 43.1. The molecule has 5 rings (SSSR count). The first-order valence-electron chi connectivity index (χ1n) is 25.3. The number of methoxy groups -OCH3 is 3. The average Bonchev–Trinajstić information content (AvgIpc) is 3.88. The van der Waals surface area contributed by atoms with Gasteiger partial charge in [0.25, 0.3) is 11.7 Å². The molecule has 1 N–H and O–H groups in total. The summed E-state index contributed by atoms with van der Waals surface area (Å²) in [5.41, 5.74) is -0.126. The van der Waals surface area contributed by atoms with Crippen LogP contribution in [0.3, 0.4) is 0 Å². The lowest BCUT2D eigenvalue weighted by atomic mass is 9.77. The number of fused-ring (bicyclic) bond motifs is 3. The van der Waals surface area contributed by atoms with E-state index in [0.29, 0.717) is 63.4 Å². The largest absolute Gasteiger partial charge is 0.460 e. The summed E-state index contributed by atoms with van der Waals surface area (Å²) in [6.45, 7) is 15.0. The third kappa shape index (κ3) is 14.2. The molecular formula is C53H81N5O11. The van der Waals surface area contributed by atoms with Gasteiger partial charge in [-0.1, -0.05) is 71.1 Å². The molecule has 0 aromatic carbocycles. The van der Waals surface area contributed by atoms with Crippen LogP contribution in [0.4, 0.5) is 0 Å². The first-order chi connectivity index (χ1) is 32.8. The number of aliphatic hydroxyl groups is 1. The molecule has 1 saturated carbocycles. The van der Waals surface area contributed by atoms with Crippen LogP contribution in [0.25, 0.3) is 0 Å². The van der Waals surface area contributed by atoms with Crippen LogP contribution < -0.4 is 0 Å². The second-order valence-electron chi connectivity index (χ2n) is 20.8. The van der Waals surface area contributed by atoms with Crippen LogP contribution in [0, 0.1) is 35.5 Å². The monoisotopic (exact) mass is 964 g/mol. The number of aliphatic hydroxyl groups excluding tert-OH is 1. The molecule has 16 heteroatoms. The minimum Gasteiger partial charge on any atom is -0.460 e. The molecule has 4 heterocycles. The summed E-state index contributed by atoms with van der Waals surface area (Å²) in [5, 5.41) is 23.3. The average molecular weight is 964 g/mol. The number of piperidine rings is 1. The third-order valence-electron chi connectivity index (χ3n) is 15.7. The minimum atomic E-state index is -1.43. The Morgan fingerprint density at radius 3 is 2.33 bits per heavy atom. The van der Waals surface area contributed by atoms with Crippen molar-refractivity contribution >= 4 is 29.2 Å². The Morgan fingerprint density at radius 1 is 0.899 bits per heavy atom. The van der Waals surface area contributed by atoms with Gasteiger partial charge in [-0.3, -0.25) is 19.2 Å². The fourth-order valence-corrected chi connectivity index (χ4v) is 11.0. The van der Waals surface area contributed by atoms with Crippen molar-refractivity contribution in [2.75, 3.05) is 27.9 Å². The molecule has 2 saturated heterocycles. The fraction of sp³-hybridized carbons (Fsp3) is 0.736. The molecule has 3 fully saturated rings. The molecular weight excluding hydrogens is 883 g/mol. The van der Waals surface area contributed by atoms with Crippen LogP contribution in [-0.2, 0) is 47.7 Å². The number of hydrogen-bond acceptors (Lipinski definition) is 14. The predicted molar refractivity (Wildman–Crippen MR) is 259 cm³/mol. The predicted octanol–water partition coefficient (Wildman–Crippen LogP) is 7.12. The van der Waals surface area contributed by atoms with Crippen LogP contribution in [0.1, 0.15) is 138 Å². The quantitative estimate of drug-likeness (QED) is 0.214. The van der Waals surface area contributed by atoms with E-state index in [-0.39, 0.29) is 72.6 Å². The number of nitrogens with zero attached hydrogens (tertiary/aromatic N) is 5. The summed E-state index contributed by atoms with van der Waals surface area (Å²) >= 11 is 0. The molecule has 3 aliphatic heterocycles. The van der Waals surface area contributed by atoms with Crippen LogP contribution >= 0.6 is 0 Å². The Hall–Kier alpha value is -4.22. The zero-order valence-electron chi connectivity index (χ0n) is 43.1. The SMILES string of the molecule is CO[C@H]1C[C@@H]2CC[C@@H](C)[C@@](C)(O2)C(=O)C(=O)N2CCCC[C@H]2C(=O)O[C@H]([C@H](C)C[C@@H]2CC[C@H](n3cnnn3)[C@H](OC)C2)CC(=O)C(C)=CC(C)[C@@H](O)[C@@H](OC)C(=O)[C@H](C)C[C@H](C)C=CC=CC=C1C.